The quantitative estimate of drug-likeness (QED) is 0.150. The molecule has 0 N–H and O–H groups in total. The van der Waals surface area contributed by atoms with Crippen molar-refractivity contribution in [3.05, 3.63) is 118 Å². The van der Waals surface area contributed by atoms with Crippen LogP contribution in [0.2, 0.25) is 10.0 Å². The molecular formula is C26H22Cl2F2N2O. The third kappa shape index (κ3) is 5.61. The highest BCUT2D eigenvalue weighted by molar-refractivity contribution is 6.30. The molecule has 1 heterocycles. The normalized spacial score (nSPS) is 14.9. The lowest BCUT2D eigenvalue weighted by Crippen LogP contribution is -2.52. The Labute approximate surface area is 201 Å². The molecule has 4 rings (SSSR count). The van der Waals surface area contributed by atoms with E-state index in [1.165, 1.54) is 12.1 Å². The average molecular weight is 487 g/mol. The number of halogens is 4. The molecule has 0 bridgehead atoms. The molecule has 3 aromatic carbocycles. The zero-order valence-electron chi connectivity index (χ0n) is 17.7. The highest BCUT2D eigenvalue weighted by atomic mass is 35.5. The maximum atomic E-state index is 13.9. The second-order valence-corrected chi connectivity index (χ2v) is 8.75. The molecule has 0 spiro atoms. The zero-order valence-corrected chi connectivity index (χ0v) is 19.2. The second-order valence-electron chi connectivity index (χ2n) is 7.88. The van der Waals surface area contributed by atoms with E-state index >= 15 is 0 Å². The van der Waals surface area contributed by atoms with Crippen molar-refractivity contribution in [1.29, 1.82) is 0 Å². The van der Waals surface area contributed by atoms with Gasteiger partial charge in [0.05, 0.1) is 11.8 Å². The topological polar surface area (TPSA) is 24.8 Å². The molecule has 1 fully saturated rings. The van der Waals surface area contributed by atoms with Gasteiger partial charge in [0, 0.05) is 40.7 Å². The van der Waals surface area contributed by atoms with Crippen LogP contribution in [-0.2, 0) is 4.84 Å². The molecule has 0 unspecified atom stereocenters. The van der Waals surface area contributed by atoms with Crippen LogP contribution in [0, 0.1) is 17.6 Å². The van der Waals surface area contributed by atoms with Crippen molar-refractivity contribution in [1.82, 2.24) is 4.90 Å². The molecule has 0 aromatic heterocycles. The molecule has 0 atom stereocenters. The summed E-state index contributed by atoms with van der Waals surface area (Å²) in [6, 6.07) is 18.8. The Morgan fingerprint density at radius 1 is 0.970 bits per heavy atom. The number of nitrogens with zero attached hydrogens (tertiary/aromatic N) is 2. The van der Waals surface area contributed by atoms with Crippen LogP contribution in [0.25, 0.3) is 0 Å². The van der Waals surface area contributed by atoms with Crippen molar-refractivity contribution in [2.45, 2.75) is 6.04 Å². The average Bonchev–Trinajstić information content (AvgIpc) is 2.75. The smallest absolute Gasteiger partial charge is 0.135 e. The molecule has 0 aliphatic carbocycles. The Morgan fingerprint density at radius 3 is 1.97 bits per heavy atom. The molecule has 0 amide bonds. The van der Waals surface area contributed by atoms with E-state index in [2.05, 4.69) is 16.6 Å². The lowest BCUT2D eigenvalue weighted by Gasteiger charge is -2.45. The van der Waals surface area contributed by atoms with Crippen LogP contribution in [0.4, 0.5) is 8.78 Å². The van der Waals surface area contributed by atoms with Crippen LogP contribution < -0.4 is 0 Å². The van der Waals surface area contributed by atoms with Crippen molar-refractivity contribution < 1.29 is 13.6 Å². The van der Waals surface area contributed by atoms with E-state index in [1.54, 1.807) is 6.08 Å². The Kier molecular flexibility index (Phi) is 7.43. The van der Waals surface area contributed by atoms with E-state index in [1.807, 2.05) is 48.5 Å². The number of hydrogen-bond donors (Lipinski definition) is 0. The van der Waals surface area contributed by atoms with Gasteiger partial charge in [-0.3, -0.25) is 4.90 Å². The fourth-order valence-corrected chi connectivity index (χ4v) is 4.28. The van der Waals surface area contributed by atoms with Crippen LogP contribution in [0.5, 0.6) is 0 Å². The summed E-state index contributed by atoms with van der Waals surface area (Å²) in [4.78, 5) is 7.58. The Bertz CT molecular complexity index is 1080. The fourth-order valence-electron chi connectivity index (χ4n) is 4.02. The lowest BCUT2D eigenvalue weighted by atomic mass is 9.85. The Hall–Kier alpha value is -2.73. The van der Waals surface area contributed by atoms with Crippen LogP contribution in [0.3, 0.4) is 0 Å². The maximum Gasteiger partial charge on any atom is 0.135 e. The molecule has 1 aliphatic rings. The van der Waals surface area contributed by atoms with Gasteiger partial charge in [-0.25, -0.2) is 8.78 Å². The van der Waals surface area contributed by atoms with E-state index < -0.39 is 11.6 Å². The highest BCUT2D eigenvalue weighted by Gasteiger charge is 2.38. The first-order valence-electron chi connectivity index (χ1n) is 10.5. The van der Waals surface area contributed by atoms with Crippen LogP contribution >= 0.6 is 23.2 Å². The minimum atomic E-state index is -0.655. The Balaban J connectivity index is 1.61. The number of hydrogen-bond acceptors (Lipinski definition) is 3. The third-order valence-electron chi connectivity index (χ3n) is 5.55. The molecule has 3 aromatic rings. The predicted octanol–water partition coefficient (Wildman–Crippen LogP) is 6.90. The van der Waals surface area contributed by atoms with Gasteiger partial charge >= 0.3 is 0 Å². The maximum absolute atomic E-state index is 13.9. The summed E-state index contributed by atoms with van der Waals surface area (Å²) in [6.07, 6.45) is 1.57. The van der Waals surface area contributed by atoms with Crippen molar-refractivity contribution >= 4 is 28.9 Å². The molecule has 0 saturated carbocycles. The van der Waals surface area contributed by atoms with Gasteiger partial charge in [0.1, 0.15) is 18.2 Å². The second kappa shape index (κ2) is 10.5. The lowest BCUT2D eigenvalue weighted by molar-refractivity contribution is 0.0998. The van der Waals surface area contributed by atoms with Crippen LogP contribution in [0.15, 0.2) is 84.5 Å². The molecule has 1 saturated heterocycles. The Morgan fingerprint density at radius 2 is 1.48 bits per heavy atom. The summed E-state index contributed by atoms with van der Waals surface area (Å²) in [5.41, 5.74) is 3.05. The zero-order chi connectivity index (χ0) is 23.4. The fraction of sp³-hybridized carbons (Fsp3) is 0.192. The largest absolute Gasteiger partial charge is 0.391 e. The first kappa shape index (κ1) is 23.4. The summed E-state index contributed by atoms with van der Waals surface area (Å²) in [7, 11) is 0. The molecule has 0 radical (unpaired) electrons. The van der Waals surface area contributed by atoms with Gasteiger partial charge in [0.15, 0.2) is 0 Å². The molecule has 3 nitrogen and oxygen atoms in total. The minimum Gasteiger partial charge on any atom is -0.391 e. The SMILES string of the molecule is C=CCON=C(c1cc(F)cc(F)c1)C1CN(C(c2ccc(Cl)cc2)c2ccc(Cl)cc2)C1. The van der Waals surface area contributed by atoms with Gasteiger partial charge in [-0.15, -0.1) is 0 Å². The number of likely N-dealkylation sites (tertiary alicyclic amines) is 1. The van der Waals surface area contributed by atoms with Crippen molar-refractivity contribution in [2.75, 3.05) is 19.7 Å². The summed E-state index contributed by atoms with van der Waals surface area (Å²) >= 11 is 12.2. The molecular weight excluding hydrogens is 465 g/mol. The van der Waals surface area contributed by atoms with Crippen molar-refractivity contribution in [3.63, 3.8) is 0 Å². The summed E-state index contributed by atoms with van der Waals surface area (Å²) in [6.45, 7) is 5.07. The van der Waals surface area contributed by atoms with Gasteiger partial charge in [-0.2, -0.15) is 0 Å². The van der Waals surface area contributed by atoms with Crippen molar-refractivity contribution in [2.24, 2.45) is 11.1 Å². The van der Waals surface area contributed by atoms with E-state index in [9.17, 15) is 8.78 Å². The predicted molar refractivity (Wildman–Crippen MR) is 129 cm³/mol. The van der Waals surface area contributed by atoms with Gasteiger partial charge in [0.2, 0.25) is 0 Å². The summed E-state index contributed by atoms with van der Waals surface area (Å²) < 4.78 is 27.8. The standard InChI is InChI=1S/C26H22Cl2F2N2O/c1-2-11-33-31-25(19-12-23(29)14-24(30)13-19)20-15-32(16-20)26(17-3-7-21(27)8-4-17)18-5-9-22(28)10-6-18/h2-10,12-14,20,26H,1,11,15-16H2. The van der Waals surface area contributed by atoms with E-state index in [4.69, 9.17) is 28.0 Å². The van der Waals surface area contributed by atoms with Gasteiger partial charge in [0.25, 0.3) is 0 Å². The van der Waals surface area contributed by atoms with E-state index in [-0.39, 0.29) is 18.6 Å². The molecule has 7 heteroatoms. The summed E-state index contributed by atoms with van der Waals surface area (Å²) in [5.74, 6) is -1.37. The molecule has 170 valence electrons. The van der Waals surface area contributed by atoms with Crippen molar-refractivity contribution in [3.8, 4) is 0 Å². The van der Waals surface area contributed by atoms with E-state index in [0.717, 1.165) is 17.2 Å². The molecule has 33 heavy (non-hydrogen) atoms. The highest BCUT2D eigenvalue weighted by Crippen LogP contribution is 2.36. The molecule has 1 aliphatic heterocycles. The first-order chi connectivity index (χ1) is 15.9. The van der Waals surface area contributed by atoms with Crippen LogP contribution in [0.1, 0.15) is 22.7 Å². The van der Waals surface area contributed by atoms with Gasteiger partial charge in [-0.1, -0.05) is 65.3 Å². The first-order valence-corrected chi connectivity index (χ1v) is 11.2. The van der Waals surface area contributed by atoms with Gasteiger partial charge < -0.3 is 4.84 Å². The number of oxime groups is 1. The number of benzene rings is 3. The minimum absolute atomic E-state index is 0.0321. The monoisotopic (exact) mass is 486 g/mol. The third-order valence-corrected chi connectivity index (χ3v) is 6.05. The summed E-state index contributed by atoms with van der Waals surface area (Å²) in [5, 5.41) is 5.53. The van der Waals surface area contributed by atoms with E-state index in [0.29, 0.717) is 34.4 Å². The van der Waals surface area contributed by atoms with Crippen LogP contribution in [-0.4, -0.2) is 30.3 Å². The van der Waals surface area contributed by atoms with Gasteiger partial charge in [-0.05, 0) is 47.5 Å². The number of rotatable bonds is 8.